The summed E-state index contributed by atoms with van der Waals surface area (Å²) >= 11 is 12.1. The molecule has 0 saturated carbocycles. The number of halogens is 2. The predicted octanol–water partition coefficient (Wildman–Crippen LogP) is 4.13. The van der Waals surface area contributed by atoms with E-state index in [1.54, 1.807) is 36.4 Å². The lowest BCUT2D eigenvalue weighted by molar-refractivity contribution is -0.118. The first-order valence-corrected chi connectivity index (χ1v) is 7.20. The third-order valence-electron chi connectivity index (χ3n) is 2.95. The van der Waals surface area contributed by atoms with E-state index >= 15 is 0 Å². The van der Waals surface area contributed by atoms with Crippen molar-refractivity contribution < 1.29 is 14.3 Å². The summed E-state index contributed by atoms with van der Waals surface area (Å²) in [4.78, 5) is 22.8. The highest BCUT2D eigenvalue weighted by molar-refractivity contribution is 6.40. The first-order valence-electron chi connectivity index (χ1n) is 6.44. The van der Waals surface area contributed by atoms with Gasteiger partial charge in [-0.2, -0.15) is 0 Å². The predicted molar refractivity (Wildman–Crippen MR) is 87.2 cm³/mol. The normalized spacial score (nSPS) is 10.1. The smallest absolute Gasteiger partial charge is 0.262 e. The van der Waals surface area contributed by atoms with Crippen LogP contribution in [-0.4, -0.2) is 18.8 Å². The van der Waals surface area contributed by atoms with Gasteiger partial charge in [-0.15, -0.1) is 0 Å². The number of hydrogen-bond donors (Lipinski definition) is 1. The molecular weight excluding hydrogens is 325 g/mol. The van der Waals surface area contributed by atoms with Gasteiger partial charge in [0, 0.05) is 0 Å². The van der Waals surface area contributed by atoms with Crippen LogP contribution in [0.2, 0.25) is 10.0 Å². The van der Waals surface area contributed by atoms with Gasteiger partial charge in [0.1, 0.15) is 5.75 Å². The molecule has 0 radical (unpaired) electrons. The third kappa shape index (κ3) is 3.78. The van der Waals surface area contributed by atoms with Gasteiger partial charge in [0.2, 0.25) is 0 Å². The zero-order valence-electron chi connectivity index (χ0n) is 11.7. The fourth-order valence-electron chi connectivity index (χ4n) is 1.80. The minimum Gasteiger partial charge on any atom is -0.483 e. The highest BCUT2D eigenvalue weighted by atomic mass is 35.5. The number of aldehydes is 1. The zero-order valence-corrected chi connectivity index (χ0v) is 13.2. The Labute approximate surface area is 138 Å². The van der Waals surface area contributed by atoms with Crippen molar-refractivity contribution in [1.82, 2.24) is 0 Å². The van der Waals surface area contributed by atoms with Crippen LogP contribution in [0.25, 0.3) is 0 Å². The zero-order chi connectivity index (χ0) is 16.1. The molecule has 2 rings (SSSR count). The number of ether oxygens (including phenoxy) is 1. The van der Waals surface area contributed by atoms with Crippen LogP contribution in [0.3, 0.4) is 0 Å². The average molecular weight is 338 g/mol. The van der Waals surface area contributed by atoms with Gasteiger partial charge < -0.3 is 10.1 Å². The van der Waals surface area contributed by atoms with Crippen LogP contribution in [0, 0.1) is 6.92 Å². The Balaban J connectivity index is 2.05. The van der Waals surface area contributed by atoms with Crippen molar-refractivity contribution in [3.05, 3.63) is 57.6 Å². The summed E-state index contributed by atoms with van der Waals surface area (Å²) in [5.74, 6) is -0.0795. The minimum atomic E-state index is -0.421. The number of hydrogen-bond acceptors (Lipinski definition) is 3. The van der Waals surface area contributed by atoms with Crippen LogP contribution < -0.4 is 10.1 Å². The number of carbonyl (C=O) groups excluding carboxylic acids is 2. The Kier molecular flexibility index (Phi) is 5.41. The minimum absolute atomic E-state index is 0.258. The summed E-state index contributed by atoms with van der Waals surface area (Å²) in [5, 5.41) is 3.34. The van der Waals surface area contributed by atoms with Crippen LogP contribution in [0.5, 0.6) is 5.75 Å². The molecule has 0 bridgehead atoms. The van der Waals surface area contributed by atoms with Crippen molar-refractivity contribution in [3.63, 3.8) is 0 Å². The van der Waals surface area contributed by atoms with Crippen LogP contribution >= 0.6 is 23.2 Å². The van der Waals surface area contributed by atoms with Gasteiger partial charge in [0.15, 0.2) is 12.9 Å². The number of para-hydroxylation sites is 1. The quantitative estimate of drug-likeness (QED) is 0.834. The molecule has 22 heavy (non-hydrogen) atoms. The first-order chi connectivity index (χ1) is 10.5. The lowest BCUT2D eigenvalue weighted by Crippen LogP contribution is -2.21. The molecule has 0 atom stereocenters. The number of aryl methyl sites for hydroxylation is 1. The highest BCUT2D eigenvalue weighted by Gasteiger charge is 2.13. The van der Waals surface area contributed by atoms with Crippen molar-refractivity contribution in [2.45, 2.75) is 6.92 Å². The third-order valence-corrected chi connectivity index (χ3v) is 3.76. The molecule has 1 amide bonds. The standard InChI is InChI=1S/C16H13Cl2NO3/c1-10-6-7-12(17)16(15(10)18)19-14(21)9-22-13-5-3-2-4-11(13)8-20/h2-8H,9H2,1H3,(H,19,21). The van der Waals surface area contributed by atoms with E-state index < -0.39 is 5.91 Å². The Morgan fingerprint density at radius 2 is 1.95 bits per heavy atom. The maximum Gasteiger partial charge on any atom is 0.262 e. The maximum atomic E-state index is 12.0. The molecular formula is C16H13Cl2NO3. The summed E-state index contributed by atoms with van der Waals surface area (Å²) in [6.45, 7) is 1.55. The van der Waals surface area contributed by atoms with Gasteiger partial charge in [0.25, 0.3) is 5.91 Å². The number of nitrogens with one attached hydrogen (secondary N) is 1. The van der Waals surface area contributed by atoms with Gasteiger partial charge in [-0.05, 0) is 30.7 Å². The largest absolute Gasteiger partial charge is 0.483 e. The summed E-state index contributed by atoms with van der Waals surface area (Å²) in [6, 6.07) is 10.1. The Bertz CT molecular complexity index is 717. The summed E-state index contributed by atoms with van der Waals surface area (Å²) in [6.07, 6.45) is 0.668. The van der Waals surface area contributed by atoms with Gasteiger partial charge in [-0.25, -0.2) is 0 Å². The number of amides is 1. The molecule has 0 aliphatic carbocycles. The van der Waals surface area contributed by atoms with Gasteiger partial charge >= 0.3 is 0 Å². The fraction of sp³-hybridized carbons (Fsp3) is 0.125. The molecule has 4 nitrogen and oxygen atoms in total. The van der Waals surface area contributed by atoms with E-state index in [4.69, 9.17) is 27.9 Å². The van der Waals surface area contributed by atoms with E-state index in [0.29, 0.717) is 33.3 Å². The van der Waals surface area contributed by atoms with Gasteiger partial charge in [0.05, 0.1) is 21.3 Å². The molecule has 1 N–H and O–H groups in total. The number of carbonyl (C=O) groups is 2. The van der Waals surface area contributed by atoms with E-state index in [1.165, 1.54) is 0 Å². The van der Waals surface area contributed by atoms with Crippen molar-refractivity contribution in [3.8, 4) is 5.75 Å². The SMILES string of the molecule is Cc1ccc(Cl)c(NC(=O)COc2ccccc2C=O)c1Cl. The Hall–Kier alpha value is -2.04. The second kappa shape index (κ2) is 7.29. The van der Waals surface area contributed by atoms with Gasteiger partial charge in [-0.3, -0.25) is 9.59 Å². The molecule has 114 valence electrons. The molecule has 0 saturated heterocycles. The van der Waals surface area contributed by atoms with Crippen LogP contribution in [-0.2, 0) is 4.79 Å². The van der Waals surface area contributed by atoms with Crippen LogP contribution in [0.15, 0.2) is 36.4 Å². The van der Waals surface area contributed by atoms with Crippen molar-refractivity contribution >= 4 is 41.1 Å². The molecule has 6 heteroatoms. The summed E-state index contributed by atoms with van der Waals surface area (Å²) in [5.41, 5.74) is 1.52. The highest BCUT2D eigenvalue weighted by Crippen LogP contribution is 2.32. The fourth-order valence-corrected chi connectivity index (χ4v) is 2.26. The van der Waals surface area contributed by atoms with E-state index in [0.717, 1.165) is 5.56 Å². The topological polar surface area (TPSA) is 55.4 Å². The van der Waals surface area contributed by atoms with Crippen LogP contribution in [0.4, 0.5) is 5.69 Å². The number of benzene rings is 2. The Morgan fingerprint density at radius 1 is 1.23 bits per heavy atom. The van der Waals surface area contributed by atoms with Crippen molar-refractivity contribution in [2.75, 3.05) is 11.9 Å². The lowest BCUT2D eigenvalue weighted by atomic mass is 10.2. The molecule has 0 spiro atoms. The van der Waals surface area contributed by atoms with Gasteiger partial charge in [-0.1, -0.05) is 41.4 Å². The van der Waals surface area contributed by atoms with E-state index in [9.17, 15) is 9.59 Å². The monoisotopic (exact) mass is 337 g/mol. The molecule has 0 aliphatic rings. The summed E-state index contributed by atoms with van der Waals surface area (Å²) in [7, 11) is 0. The summed E-state index contributed by atoms with van der Waals surface area (Å²) < 4.78 is 5.34. The molecule has 0 heterocycles. The number of anilines is 1. The van der Waals surface area contributed by atoms with Crippen molar-refractivity contribution in [2.24, 2.45) is 0 Å². The second-order valence-electron chi connectivity index (χ2n) is 4.55. The Morgan fingerprint density at radius 3 is 2.68 bits per heavy atom. The second-order valence-corrected chi connectivity index (χ2v) is 5.33. The molecule has 0 aromatic heterocycles. The molecule has 0 fully saturated rings. The molecule has 2 aromatic carbocycles. The number of rotatable bonds is 5. The first kappa shape index (κ1) is 16.3. The molecule has 2 aromatic rings. The lowest BCUT2D eigenvalue weighted by Gasteiger charge is -2.12. The van der Waals surface area contributed by atoms with E-state index in [2.05, 4.69) is 5.32 Å². The average Bonchev–Trinajstić information content (AvgIpc) is 2.53. The van der Waals surface area contributed by atoms with Crippen LogP contribution in [0.1, 0.15) is 15.9 Å². The molecule has 0 unspecified atom stereocenters. The van der Waals surface area contributed by atoms with E-state index in [1.807, 2.05) is 6.92 Å². The maximum absolute atomic E-state index is 12.0. The van der Waals surface area contributed by atoms with Crippen molar-refractivity contribution in [1.29, 1.82) is 0 Å². The molecule has 0 aliphatic heterocycles. The van der Waals surface area contributed by atoms with E-state index in [-0.39, 0.29) is 6.61 Å².